The molecule has 6 nitrogen and oxygen atoms in total. The van der Waals surface area contributed by atoms with Gasteiger partial charge in [-0.2, -0.15) is 5.10 Å². The van der Waals surface area contributed by atoms with E-state index in [1.54, 1.807) is 23.1 Å². The number of aryl methyl sites for hydroxylation is 1. The summed E-state index contributed by atoms with van der Waals surface area (Å²) < 4.78 is 28.6. The number of Topliss-reactive ketones (excluding diaryl/α,β-unsaturated/α-hetero) is 1. The van der Waals surface area contributed by atoms with Crippen LogP contribution in [-0.2, 0) is 12.6 Å². The zero-order chi connectivity index (χ0) is 21.5. The quantitative estimate of drug-likeness (QED) is 0.666. The molecule has 2 N–H and O–H groups in total. The minimum absolute atomic E-state index is 0.134. The Morgan fingerprint density at radius 1 is 1.20 bits per heavy atom. The van der Waals surface area contributed by atoms with Crippen molar-refractivity contribution < 1.29 is 13.6 Å². The van der Waals surface area contributed by atoms with Crippen LogP contribution >= 0.6 is 0 Å². The first kappa shape index (κ1) is 20.2. The number of aromatic nitrogens is 3. The van der Waals surface area contributed by atoms with Crippen LogP contribution in [-0.4, -0.2) is 33.6 Å². The van der Waals surface area contributed by atoms with Crippen molar-refractivity contribution in [3.05, 3.63) is 65.6 Å². The lowest BCUT2D eigenvalue weighted by Gasteiger charge is -2.41. The van der Waals surface area contributed by atoms with Crippen LogP contribution in [0.3, 0.4) is 0 Å². The summed E-state index contributed by atoms with van der Waals surface area (Å²) in [7, 11) is 1.85. The van der Waals surface area contributed by atoms with Gasteiger partial charge in [-0.15, -0.1) is 0 Å². The van der Waals surface area contributed by atoms with Crippen molar-refractivity contribution in [1.29, 1.82) is 0 Å². The van der Waals surface area contributed by atoms with E-state index >= 15 is 0 Å². The molecule has 1 aliphatic rings. The number of hydrogen-bond donors (Lipinski definition) is 1. The first-order chi connectivity index (χ1) is 14.3. The highest BCUT2D eigenvalue weighted by Crippen LogP contribution is 2.34. The predicted molar refractivity (Wildman–Crippen MR) is 110 cm³/mol. The summed E-state index contributed by atoms with van der Waals surface area (Å²) in [6, 6.07) is 5.20. The van der Waals surface area contributed by atoms with Gasteiger partial charge >= 0.3 is 0 Å². The van der Waals surface area contributed by atoms with Gasteiger partial charge in [-0.25, -0.2) is 8.78 Å². The fraction of sp³-hybridized carbons (Fsp3) is 0.318. The lowest BCUT2D eigenvalue weighted by Crippen LogP contribution is -2.52. The molecule has 1 atom stereocenters. The molecule has 8 heteroatoms. The minimum atomic E-state index is -0.955. The summed E-state index contributed by atoms with van der Waals surface area (Å²) in [5.74, 6) is -2.01. The minimum Gasteiger partial charge on any atom is -0.368 e. The average Bonchev–Trinajstić information content (AvgIpc) is 3.17. The Labute approximate surface area is 173 Å². The van der Waals surface area contributed by atoms with Gasteiger partial charge in [0, 0.05) is 43.0 Å². The topological polar surface area (TPSA) is 77.0 Å². The second-order valence-electron chi connectivity index (χ2n) is 7.86. The number of anilines is 1. The molecular weight excluding hydrogens is 388 g/mol. The van der Waals surface area contributed by atoms with E-state index in [4.69, 9.17) is 5.73 Å². The van der Waals surface area contributed by atoms with Crippen molar-refractivity contribution in [2.75, 3.05) is 18.0 Å². The summed E-state index contributed by atoms with van der Waals surface area (Å²) in [5.41, 5.74) is 9.06. The SMILES string of the molecule is CC(=O)c1cc(-c2ccc(F)c(F)c2)ncc1N1CCCC(N)(c2cnn(C)c2)C1. The average molecular weight is 411 g/mol. The maximum Gasteiger partial charge on any atom is 0.162 e. The smallest absolute Gasteiger partial charge is 0.162 e. The molecule has 3 aromatic rings. The van der Waals surface area contributed by atoms with Crippen LogP contribution in [0.2, 0.25) is 0 Å². The van der Waals surface area contributed by atoms with E-state index in [1.165, 1.54) is 13.0 Å². The Hall–Kier alpha value is -3.13. The third-order valence-corrected chi connectivity index (χ3v) is 5.62. The Kier molecular flexibility index (Phi) is 5.11. The van der Waals surface area contributed by atoms with Crippen molar-refractivity contribution in [2.45, 2.75) is 25.3 Å². The van der Waals surface area contributed by atoms with Crippen molar-refractivity contribution in [1.82, 2.24) is 14.8 Å². The van der Waals surface area contributed by atoms with Gasteiger partial charge in [0.05, 0.1) is 29.3 Å². The third kappa shape index (κ3) is 3.70. The number of halogens is 2. The molecule has 0 radical (unpaired) electrons. The monoisotopic (exact) mass is 411 g/mol. The summed E-state index contributed by atoms with van der Waals surface area (Å²) in [4.78, 5) is 18.9. The van der Waals surface area contributed by atoms with Gasteiger partial charge in [0.2, 0.25) is 0 Å². The molecule has 0 saturated carbocycles. The fourth-order valence-electron chi connectivity index (χ4n) is 4.00. The molecule has 1 aliphatic heterocycles. The molecule has 1 saturated heterocycles. The largest absolute Gasteiger partial charge is 0.368 e. The Morgan fingerprint density at radius 2 is 2.00 bits per heavy atom. The predicted octanol–water partition coefficient (Wildman–Crippen LogP) is 3.42. The molecule has 156 valence electrons. The van der Waals surface area contributed by atoms with E-state index in [9.17, 15) is 13.6 Å². The number of ketones is 1. The summed E-state index contributed by atoms with van der Waals surface area (Å²) in [6.45, 7) is 2.74. The molecule has 0 spiro atoms. The normalized spacial score (nSPS) is 19.2. The Morgan fingerprint density at radius 3 is 2.67 bits per heavy atom. The number of benzene rings is 1. The molecule has 1 fully saturated rings. The van der Waals surface area contributed by atoms with Gasteiger partial charge in [0.25, 0.3) is 0 Å². The highest BCUT2D eigenvalue weighted by atomic mass is 19.2. The van der Waals surface area contributed by atoms with Crippen LogP contribution < -0.4 is 10.6 Å². The molecule has 4 rings (SSSR count). The number of hydrogen-bond acceptors (Lipinski definition) is 5. The molecule has 0 amide bonds. The van der Waals surface area contributed by atoms with Gasteiger partial charge in [0.15, 0.2) is 17.4 Å². The van der Waals surface area contributed by atoms with Crippen molar-refractivity contribution in [3.8, 4) is 11.3 Å². The van der Waals surface area contributed by atoms with Crippen molar-refractivity contribution in [2.24, 2.45) is 12.8 Å². The number of nitrogens with zero attached hydrogens (tertiary/aromatic N) is 4. The first-order valence-corrected chi connectivity index (χ1v) is 9.76. The Balaban J connectivity index is 1.69. The lowest BCUT2D eigenvalue weighted by atomic mass is 9.84. The first-order valence-electron chi connectivity index (χ1n) is 9.76. The van der Waals surface area contributed by atoms with E-state index in [0.29, 0.717) is 29.1 Å². The van der Waals surface area contributed by atoms with Gasteiger partial charge in [0.1, 0.15) is 0 Å². The van der Waals surface area contributed by atoms with Crippen molar-refractivity contribution in [3.63, 3.8) is 0 Å². The molecule has 30 heavy (non-hydrogen) atoms. The summed E-state index contributed by atoms with van der Waals surface area (Å²) >= 11 is 0. The van der Waals surface area contributed by atoms with E-state index in [1.807, 2.05) is 13.2 Å². The summed E-state index contributed by atoms with van der Waals surface area (Å²) in [6.07, 6.45) is 6.97. The van der Waals surface area contributed by atoms with E-state index in [2.05, 4.69) is 15.0 Å². The van der Waals surface area contributed by atoms with Gasteiger partial charge < -0.3 is 10.6 Å². The van der Waals surface area contributed by atoms with Crippen molar-refractivity contribution >= 4 is 11.5 Å². The van der Waals surface area contributed by atoms with Gasteiger partial charge in [-0.05, 0) is 44.0 Å². The van der Waals surface area contributed by atoms with Crippen LogP contribution in [0.1, 0.15) is 35.7 Å². The Bertz CT molecular complexity index is 1110. The number of carbonyl (C=O) groups is 1. The zero-order valence-corrected chi connectivity index (χ0v) is 16.9. The maximum absolute atomic E-state index is 13.6. The van der Waals surface area contributed by atoms with Crippen LogP contribution in [0, 0.1) is 11.6 Å². The number of rotatable bonds is 4. The highest BCUT2D eigenvalue weighted by Gasteiger charge is 2.35. The fourth-order valence-corrected chi connectivity index (χ4v) is 4.00. The standard InChI is InChI=1S/C22H23F2N5O/c1-14(30)17-9-20(15-4-5-18(23)19(24)8-15)26-11-21(17)29-7-3-6-22(25,13-29)16-10-27-28(2)12-16/h4-5,8-12H,3,6-7,13,25H2,1-2H3. The van der Waals surface area contributed by atoms with Crippen LogP contribution in [0.25, 0.3) is 11.3 Å². The molecule has 1 aromatic carbocycles. The second-order valence-corrected chi connectivity index (χ2v) is 7.86. The van der Waals surface area contributed by atoms with E-state index < -0.39 is 17.2 Å². The molecule has 0 aliphatic carbocycles. The van der Waals surface area contributed by atoms with Gasteiger partial charge in [-0.3, -0.25) is 14.5 Å². The van der Waals surface area contributed by atoms with E-state index in [0.717, 1.165) is 37.1 Å². The third-order valence-electron chi connectivity index (χ3n) is 5.62. The molecule has 3 heterocycles. The second kappa shape index (κ2) is 7.60. The maximum atomic E-state index is 13.6. The molecule has 2 aromatic heterocycles. The van der Waals surface area contributed by atoms with E-state index in [-0.39, 0.29) is 5.78 Å². The number of pyridine rings is 1. The summed E-state index contributed by atoms with van der Waals surface area (Å²) in [5, 5.41) is 4.23. The van der Waals surface area contributed by atoms with Crippen LogP contribution in [0.15, 0.2) is 42.9 Å². The number of nitrogens with two attached hydrogens (primary N) is 1. The number of piperidine rings is 1. The van der Waals surface area contributed by atoms with Gasteiger partial charge in [-0.1, -0.05) is 0 Å². The molecular formula is C22H23F2N5O. The number of carbonyl (C=O) groups excluding carboxylic acids is 1. The molecule has 1 unspecified atom stereocenters. The lowest BCUT2D eigenvalue weighted by molar-refractivity contribution is 0.101. The van der Waals surface area contributed by atoms with Crippen LogP contribution in [0.5, 0.6) is 0 Å². The molecule has 0 bridgehead atoms. The highest BCUT2D eigenvalue weighted by molar-refractivity contribution is 6.00. The van der Waals surface area contributed by atoms with Crippen LogP contribution in [0.4, 0.5) is 14.5 Å². The zero-order valence-electron chi connectivity index (χ0n) is 16.9.